The van der Waals surface area contributed by atoms with E-state index in [2.05, 4.69) is 10.4 Å². The molecular formula is C13H11N3O3. The minimum absolute atomic E-state index is 0.240. The van der Waals surface area contributed by atoms with Crippen molar-refractivity contribution >= 4 is 23.6 Å². The molecule has 3 heterocycles. The Morgan fingerprint density at radius 3 is 3.00 bits per heavy atom. The van der Waals surface area contributed by atoms with Crippen molar-refractivity contribution < 1.29 is 14.4 Å². The number of amides is 2. The molecule has 0 saturated carbocycles. The highest BCUT2D eigenvalue weighted by Gasteiger charge is 2.29. The van der Waals surface area contributed by atoms with Crippen molar-refractivity contribution in [1.29, 1.82) is 0 Å². The summed E-state index contributed by atoms with van der Waals surface area (Å²) < 4.78 is 1.57. The van der Waals surface area contributed by atoms with Crippen LogP contribution in [0.3, 0.4) is 0 Å². The van der Waals surface area contributed by atoms with Crippen molar-refractivity contribution in [3.8, 4) is 0 Å². The number of hydrogen-bond acceptors (Lipinski definition) is 4. The predicted octanol–water partition coefficient (Wildman–Crippen LogP) is 0.667. The topological polar surface area (TPSA) is 80.5 Å². The highest BCUT2D eigenvalue weighted by Crippen LogP contribution is 2.28. The maximum absolute atomic E-state index is 11.9. The number of carbonyl (C=O) groups is 3. The number of carbonyl (C=O) groups excluding carboxylic acids is 3. The standard InChI is InChI=1S/C13H11N3O3/c17-7-8-6-11-9(2-1-5-16(11)15-8)10-3-4-12(18)14-13(10)19/h1-2,5-7,10H,3-4H2,(H,14,18,19). The monoisotopic (exact) mass is 257 g/mol. The van der Waals surface area contributed by atoms with Crippen LogP contribution in [0.2, 0.25) is 0 Å². The summed E-state index contributed by atoms with van der Waals surface area (Å²) in [6, 6.07) is 5.24. The van der Waals surface area contributed by atoms with E-state index in [1.165, 1.54) is 0 Å². The zero-order valence-corrected chi connectivity index (χ0v) is 10.00. The van der Waals surface area contributed by atoms with Gasteiger partial charge in [-0.3, -0.25) is 19.7 Å². The number of pyridine rings is 1. The van der Waals surface area contributed by atoms with E-state index in [0.717, 1.165) is 11.1 Å². The number of fused-ring (bicyclic) bond motifs is 1. The zero-order chi connectivity index (χ0) is 13.4. The van der Waals surface area contributed by atoms with Crippen LogP contribution in [0.25, 0.3) is 5.52 Å². The van der Waals surface area contributed by atoms with Crippen molar-refractivity contribution in [1.82, 2.24) is 14.9 Å². The number of aldehydes is 1. The summed E-state index contributed by atoms with van der Waals surface area (Å²) in [6.07, 6.45) is 3.19. The predicted molar refractivity (Wildman–Crippen MR) is 65.7 cm³/mol. The summed E-state index contributed by atoms with van der Waals surface area (Å²) in [5, 5.41) is 6.41. The molecule has 6 heteroatoms. The van der Waals surface area contributed by atoms with E-state index in [-0.39, 0.29) is 17.7 Å². The smallest absolute Gasteiger partial charge is 0.234 e. The zero-order valence-electron chi connectivity index (χ0n) is 10.00. The molecule has 2 aromatic rings. The first-order valence-corrected chi connectivity index (χ1v) is 5.96. The lowest BCUT2D eigenvalue weighted by Crippen LogP contribution is -2.39. The van der Waals surface area contributed by atoms with Crippen LogP contribution in [0.15, 0.2) is 24.4 Å². The Kier molecular flexibility index (Phi) is 2.63. The Morgan fingerprint density at radius 2 is 2.26 bits per heavy atom. The van der Waals surface area contributed by atoms with Gasteiger partial charge in [0, 0.05) is 12.6 Å². The first-order valence-electron chi connectivity index (χ1n) is 5.96. The van der Waals surface area contributed by atoms with E-state index < -0.39 is 0 Å². The van der Waals surface area contributed by atoms with Crippen LogP contribution >= 0.6 is 0 Å². The van der Waals surface area contributed by atoms with Gasteiger partial charge in [-0.2, -0.15) is 5.10 Å². The molecule has 1 aliphatic heterocycles. The third-order valence-corrected chi connectivity index (χ3v) is 3.29. The largest absolute Gasteiger partial charge is 0.296 e. The summed E-state index contributed by atoms with van der Waals surface area (Å²) in [6.45, 7) is 0. The van der Waals surface area contributed by atoms with Gasteiger partial charge in [0.1, 0.15) is 5.69 Å². The van der Waals surface area contributed by atoms with E-state index in [0.29, 0.717) is 24.8 Å². The second kappa shape index (κ2) is 4.31. The van der Waals surface area contributed by atoms with Gasteiger partial charge in [-0.1, -0.05) is 6.07 Å². The van der Waals surface area contributed by atoms with Gasteiger partial charge >= 0.3 is 0 Å². The first kappa shape index (κ1) is 11.6. The Labute approximate surface area is 108 Å². The van der Waals surface area contributed by atoms with E-state index in [1.807, 2.05) is 6.07 Å². The fraction of sp³-hybridized carbons (Fsp3) is 0.231. The number of aromatic nitrogens is 2. The summed E-state index contributed by atoms with van der Waals surface area (Å²) in [7, 11) is 0. The van der Waals surface area contributed by atoms with E-state index >= 15 is 0 Å². The molecule has 0 aliphatic carbocycles. The molecule has 1 aliphatic rings. The molecule has 2 aromatic heterocycles. The molecular weight excluding hydrogens is 246 g/mol. The lowest BCUT2D eigenvalue weighted by Gasteiger charge is -2.21. The van der Waals surface area contributed by atoms with Crippen molar-refractivity contribution in [3.05, 3.63) is 35.7 Å². The average Bonchev–Trinajstić information content (AvgIpc) is 2.82. The Hall–Kier alpha value is -2.50. The van der Waals surface area contributed by atoms with Gasteiger partial charge in [-0.15, -0.1) is 0 Å². The van der Waals surface area contributed by atoms with Crippen LogP contribution < -0.4 is 5.32 Å². The highest BCUT2D eigenvalue weighted by atomic mass is 16.2. The summed E-state index contributed by atoms with van der Waals surface area (Å²) >= 11 is 0. The first-order chi connectivity index (χ1) is 9.19. The van der Waals surface area contributed by atoms with E-state index in [4.69, 9.17) is 0 Å². The Bertz CT molecular complexity index is 689. The van der Waals surface area contributed by atoms with Gasteiger partial charge in [0.2, 0.25) is 11.8 Å². The molecule has 1 unspecified atom stereocenters. The Balaban J connectivity index is 2.09. The molecule has 6 nitrogen and oxygen atoms in total. The second-order valence-corrected chi connectivity index (χ2v) is 4.48. The van der Waals surface area contributed by atoms with Gasteiger partial charge in [0.05, 0.1) is 11.4 Å². The van der Waals surface area contributed by atoms with Crippen LogP contribution in [0.5, 0.6) is 0 Å². The average molecular weight is 257 g/mol. The molecule has 0 radical (unpaired) electrons. The molecule has 1 N–H and O–H groups in total. The summed E-state index contributed by atoms with van der Waals surface area (Å²) in [5.41, 5.74) is 1.83. The van der Waals surface area contributed by atoms with Crippen molar-refractivity contribution in [2.24, 2.45) is 0 Å². The van der Waals surface area contributed by atoms with Crippen molar-refractivity contribution in [2.75, 3.05) is 0 Å². The molecule has 1 atom stereocenters. The lowest BCUT2D eigenvalue weighted by atomic mass is 9.90. The van der Waals surface area contributed by atoms with E-state index in [9.17, 15) is 14.4 Å². The quantitative estimate of drug-likeness (QED) is 0.633. The Morgan fingerprint density at radius 1 is 1.42 bits per heavy atom. The van der Waals surface area contributed by atoms with Crippen LogP contribution in [0, 0.1) is 0 Å². The van der Waals surface area contributed by atoms with Crippen LogP contribution in [-0.4, -0.2) is 27.7 Å². The lowest BCUT2D eigenvalue weighted by molar-refractivity contribution is -0.134. The third kappa shape index (κ3) is 1.91. The van der Waals surface area contributed by atoms with Gasteiger partial charge in [-0.05, 0) is 24.1 Å². The maximum atomic E-state index is 11.9. The fourth-order valence-electron chi connectivity index (χ4n) is 2.40. The van der Waals surface area contributed by atoms with Crippen LogP contribution in [-0.2, 0) is 9.59 Å². The fourth-order valence-corrected chi connectivity index (χ4v) is 2.40. The minimum atomic E-state index is -0.377. The minimum Gasteiger partial charge on any atom is -0.296 e. The number of rotatable bonds is 2. The maximum Gasteiger partial charge on any atom is 0.234 e. The van der Waals surface area contributed by atoms with Gasteiger partial charge < -0.3 is 0 Å². The molecule has 96 valence electrons. The number of piperidine rings is 1. The molecule has 2 amide bonds. The third-order valence-electron chi connectivity index (χ3n) is 3.29. The SMILES string of the molecule is O=Cc1cc2c(C3CCC(=O)NC3=O)cccn2n1. The highest BCUT2D eigenvalue weighted by molar-refractivity contribution is 6.01. The molecule has 0 aromatic carbocycles. The van der Waals surface area contributed by atoms with Crippen LogP contribution in [0.1, 0.15) is 34.8 Å². The molecule has 19 heavy (non-hydrogen) atoms. The molecule has 0 bridgehead atoms. The molecule has 1 fully saturated rings. The van der Waals surface area contributed by atoms with Crippen molar-refractivity contribution in [2.45, 2.75) is 18.8 Å². The number of imide groups is 1. The second-order valence-electron chi connectivity index (χ2n) is 4.48. The molecule has 0 spiro atoms. The van der Waals surface area contributed by atoms with Gasteiger partial charge in [-0.25, -0.2) is 4.52 Å². The summed E-state index contributed by atoms with van der Waals surface area (Å²) in [4.78, 5) is 33.8. The van der Waals surface area contributed by atoms with Crippen molar-refractivity contribution in [3.63, 3.8) is 0 Å². The number of nitrogens with one attached hydrogen (secondary N) is 1. The van der Waals surface area contributed by atoms with Gasteiger partial charge in [0.15, 0.2) is 6.29 Å². The number of nitrogens with zero attached hydrogens (tertiary/aromatic N) is 2. The number of hydrogen-bond donors (Lipinski definition) is 1. The van der Waals surface area contributed by atoms with Crippen LogP contribution in [0.4, 0.5) is 0 Å². The molecule has 3 rings (SSSR count). The summed E-state index contributed by atoms with van der Waals surface area (Å²) in [5.74, 6) is -0.911. The molecule has 1 saturated heterocycles. The normalized spacial score (nSPS) is 19.5. The van der Waals surface area contributed by atoms with Gasteiger partial charge in [0.25, 0.3) is 0 Å². The van der Waals surface area contributed by atoms with E-state index in [1.54, 1.807) is 22.8 Å².